The van der Waals surface area contributed by atoms with Crippen molar-refractivity contribution in [3.05, 3.63) is 82.6 Å². The highest BCUT2D eigenvalue weighted by Crippen LogP contribution is 2.25. The number of halogens is 2. The Kier molecular flexibility index (Phi) is 5.81. The summed E-state index contributed by atoms with van der Waals surface area (Å²) in [6, 6.07) is 18.6. The van der Waals surface area contributed by atoms with Crippen LogP contribution in [-0.2, 0) is 9.53 Å². The number of para-hydroxylation sites is 2. The summed E-state index contributed by atoms with van der Waals surface area (Å²) in [6.45, 7) is 1.42. The third-order valence-electron chi connectivity index (χ3n) is 4.63. The summed E-state index contributed by atoms with van der Waals surface area (Å²) >= 11 is 3.16. The van der Waals surface area contributed by atoms with Crippen molar-refractivity contribution in [2.45, 2.75) is 13.0 Å². The van der Waals surface area contributed by atoms with Gasteiger partial charge in [-0.15, -0.1) is 0 Å². The lowest BCUT2D eigenvalue weighted by Crippen LogP contribution is -2.30. The minimum absolute atomic E-state index is 0.00113. The predicted molar refractivity (Wildman–Crippen MR) is 119 cm³/mol. The number of fused-ring (bicyclic) bond motifs is 1. The molecule has 0 radical (unpaired) electrons. The molecule has 1 unspecified atom stereocenters. The first-order chi connectivity index (χ1) is 14.9. The van der Waals surface area contributed by atoms with Crippen molar-refractivity contribution in [3.63, 3.8) is 0 Å². The van der Waals surface area contributed by atoms with Gasteiger partial charge in [0.15, 0.2) is 6.10 Å². The Morgan fingerprint density at radius 1 is 1.10 bits per heavy atom. The fraction of sp³-hybridized carbons (Fsp3) is 0.0870. The van der Waals surface area contributed by atoms with Crippen molar-refractivity contribution >= 4 is 44.5 Å². The van der Waals surface area contributed by atoms with Crippen LogP contribution in [0.3, 0.4) is 0 Å². The number of carbonyl (C=O) groups excluding carboxylic acids is 2. The number of nitrogens with one attached hydrogen (secondary N) is 2. The Morgan fingerprint density at radius 3 is 2.61 bits per heavy atom. The van der Waals surface area contributed by atoms with Crippen LogP contribution in [0.15, 0.2) is 71.2 Å². The summed E-state index contributed by atoms with van der Waals surface area (Å²) in [6.07, 6.45) is -1.14. The Balaban J connectivity index is 1.52. The van der Waals surface area contributed by atoms with Gasteiger partial charge < -0.3 is 15.0 Å². The van der Waals surface area contributed by atoms with Crippen LogP contribution in [0.1, 0.15) is 17.3 Å². The van der Waals surface area contributed by atoms with Crippen molar-refractivity contribution < 1.29 is 18.7 Å². The second kappa shape index (κ2) is 8.69. The van der Waals surface area contributed by atoms with Crippen molar-refractivity contribution in [2.24, 2.45) is 0 Å². The van der Waals surface area contributed by atoms with E-state index in [0.717, 1.165) is 11.0 Å². The molecule has 0 aliphatic rings. The van der Waals surface area contributed by atoms with Crippen molar-refractivity contribution in [1.82, 2.24) is 9.97 Å². The molecule has 1 heterocycles. The Labute approximate surface area is 185 Å². The van der Waals surface area contributed by atoms with Gasteiger partial charge in [-0.1, -0.05) is 46.3 Å². The molecule has 1 atom stereocenters. The number of carbonyl (C=O) groups is 2. The molecule has 0 aliphatic carbocycles. The van der Waals surface area contributed by atoms with Gasteiger partial charge in [-0.3, -0.25) is 4.79 Å². The number of hydrogen-bond acceptors (Lipinski definition) is 4. The predicted octanol–water partition coefficient (Wildman–Crippen LogP) is 5.32. The number of aromatic amines is 1. The van der Waals surface area contributed by atoms with E-state index >= 15 is 0 Å². The van der Waals surface area contributed by atoms with Crippen LogP contribution in [0.5, 0.6) is 0 Å². The second-order valence-corrected chi connectivity index (χ2v) is 7.72. The smallest absolute Gasteiger partial charge is 0.339 e. The first kappa shape index (κ1) is 20.7. The molecule has 4 rings (SSSR count). The molecule has 0 bridgehead atoms. The lowest BCUT2D eigenvalue weighted by Gasteiger charge is -2.15. The van der Waals surface area contributed by atoms with E-state index in [0.29, 0.717) is 15.9 Å². The van der Waals surface area contributed by atoms with Gasteiger partial charge in [-0.2, -0.15) is 0 Å². The van der Waals surface area contributed by atoms with Gasteiger partial charge in [0.05, 0.1) is 22.3 Å². The molecule has 2 N–H and O–H groups in total. The van der Waals surface area contributed by atoms with Crippen LogP contribution in [0.4, 0.5) is 10.1 Å². The summed E-state index contributed by atoms with van der Waals surface area (Å²) in [5, 5.41) is 2.43. The quantitative estimate of drug-likeness (QED) is 0.378. The number of ether oxygens (including phenoxy) is 1. The molecule has 0 spiro atoms. The number of benzene rings is 3. The topological polar surface area (TPSA) is 84.1 Å². The summed E-state index contributed by atoms with van der Waals surface area (Å²) in [4.78, 5) is 32.9. The molecule has 1 aromatic heterocycles. The number of rotatable bonds is 5. The third-order valence-corrected chi connectivity index (χ3v) is 5.13. The van der Waals surface area contributed by atoms with Gasteiger partial charge in [0, 0.05) is 10.0 Å². The number of anilines is 1. The molecule has 8 heteroatoms. The second-order valence-electron chi connectivity index (χ2n) is 6.81. The van der Waals surface area contributed by atoms with Crippen LogP contribution >= 0.6 is 15.9 Å². The van der Waals surface area contributed by atoms with E-state index < -0.39 is 23.8 Å². The summed E-state index contributed by atoms with van der Waals surface area (Å²) < 4.78 is 19.9. The van der Waals surface area contributed by atoms with Crippen LogP contribution in [0.2, 0.25) is 0 Å². The zero-order chi connectivity index (χ0) is 22.0. The van der Waals surface area contributed by atoms with Crippen molar-refractivity contribution in [2.75, 3.05) is 5.32 Å². The lowest BCUT2D eigenvalue weighted by atomic mass is 10.1. The maximum absolute atomic E-state index is 14.0. The number of imidazole rings is 1. The van der Waals surface area contributed by atoms with E-state index in [1.165, 1.54) is 19.1 Å². The van der Waals surface area contributed by atoms with Crippen LogP contribution in [0, 0.1) is 5.82 Å². The molecular weight excluding hydrogens is 465 g/mol. The van der Waals surface area contributed by atoms with Gasteiger partial charge in [0.25, 0.3) is 5.91 Å². The number of hydrogen-bond donors (Lipinski definition) is 2. The highest BCUT2D eigenvalue weighted by Gasteiger charge is 2.23. The van der Waals surface area contributed by atoms with E-state index in [2.05, 4.69) is 31.2 Å². The fourth-order valence-corrected chi connectivity index (χ4v) is 3.38. The standard InChI is InChI=1S/C23H17BrFN3O3/c1-13(22(29)28-18-11-10-14(24)12-17(18)25)31-23(30)16-7-3-2-6-15(16)21-26-19-8-4-5-9-20(19)27-21/h2-13H,1H3,(H,26,27)(H,28,29). The SMILES string of the molecule is CC(OC(=O)c1ccccc1-c1nc2ccccc2[nH]1)C(=O)Nc1ccc(Br)cc1F. The lowest BCUT2D eigenvalue weighted by molar-refractivity contribution is -0.123. The molecule has 6 nitrogen and oxygen atoms in total. The minimum Gasteiger partial charge on any atom is -0.449 e. The summed E-state index contributed by atoms with van der Waals surface area (Å²) in [7, 11) is 0. The molecule has 31 heavy (non-hydrogen) atoms. The van der Waals surface area contributed by atoms with Crippen LogP contribution < -0.4 is 5.32 Å². The normalized spacial score (nSPS) is 11.8. The molecule has 0 fully saturated rings. The van der Waals surface area contributed by atoms with E-state index in [1.807, 2.05) is 24.3 Å². The average molecular weight is 482 g/mol. The third kappa shape index (κ3) is 4.49. The molecule has 0 saturated carbocycles. The van der Waals surface area contributed by atoms with E-state index in [9.17, 15) is 14.0 Å². The number of amides is 1. The minimum atomic E-state index is -1.14. The van der Waals surface area contributed by atoms with E-state index in [1.54, 1.807) is 30.3 Å². The first-order valence-corrected chi connectivity index (χ1v) is 10.2. The van der Waals surface area contributed by atoms with Crippen LogP contribution in [-0.4, -0.2) is 27.9 Å². The number of aromatic nitrogens is 2. The molecule has 3 aromatic carbocycles. The maximum atomic E-state index is 14.0. The summed E-state index contributed by atoms with van der Waals surface area (Å²) in [5.41, 5.74) is 2.42. The summed E-state index contributed by atoms with van der Waals surface area (Å²) in [5.74, 6) is -1.41. The Bertz CT molecular complexity index is 1260. The molecule has 1 amide bonds. The highest BCUT2D eigenvalue weighted by molar-refractivity contribution is 9.10. The van der Waals surface area contributed by atoms with E-state index in [4.69, 9.17) is 4.74 Å². The van der Waals surface area contributed by atoms with Gasteiger partial charge >= 0.3 is 5.97 Å². The zero-order valence-corrected chi connectivity index (χ0v) is 17.9. The van der Waals surface area contributed by atoms with Crippen molar-refractivity contribution in [1.29, 1.82) is 0 Å². The van der Waals surface area contributed by atoms with E-state index in [-0.39, 0.29) is 11.3 Å². The van der Waals surface area contributed by atoms with Crippen molar-refractivity contribution in [3.8, 4) is 11.4 Å². The Hall–Kier alpha value is -3.52. The largest absolute Gasteiger partial charge is 0.449 e. The average Bonchev–Trinajstić information content (AvgIpc) is 3.19. The first-order valence-electron chi connectivity index (χ1n) is 9.43. The number of nitrogens with zero attached hydrogens (tertiary/aromatic N) is 1. The Morgan fingerprint density at radius 2 is 1.84 bits per heavy atom. The zero-order valence-electron chi connectivity index (χ0n) is 16.4. The molecule has 156 valence electrons. The fourth-order valence-electron chi connectivity index (χ4n) is 3.05. The van der Waals surface area contributed by atoms with Gasteiger partial charge in [0.1, 0.15) is 11.6 Å². The molecule has 0 saturated heterocycles. The monoisotopic (exact) mass is 481 g/mol. The maximum Gasteiger partial charge on any atom is 0.339 e. The molecule has 4 aromatic rings. The molecule has 0 aliphatic heterocycles. The van der Waals surface area contributed by atoms with Gasteiger partial charge in [-0.05, 0) is 43.3 Å². The number of esters is 1. The highest BCUT2D eigenvalue weighted by atomic mass is 79.9. The van der Waals surface area contributed by atoms with Gasteiger partial charge in [-0.25, -0.2) is 14.2 Å². The number of H-pyrrole nitrogens is 1. The van der Waals surface area contributed by atoms with Gasteiger partial charge in [0.2, 0.25) is 0 Å². The van der Waals surface area contributed by atoms with Crippen LogP contribution in [0.25, 0.3) is 22.4 Å². The molecular formula is C23H17BrFN3O3.